The van der Waals surface area contributed by atoms with E-state index < -0.39 is 0 Å². The summed E-state index contributed by atoms with van der Waals surface area (Å²) in [5.74, 6) is 0.779. The summed E-state index contributed by atoms with van der Waals surface area (Å²) in [7, 11) is 4.42. The minimum atomic E-state index is 0.603. The minimum absolute atomic E-state index is 0.603. The third-order valence-corrected chi connectivity index (χ3v) is 3.74. The lowest BCUT2D eigenvalue weighted by molar-refractivity contribution is -0.0286. The molecule has 0 saturated carbocycles. The summed E-state index contributed by atoms with van der Waals surface area (Å²) in [4.78, 5) is 5.02. The summed E-state index contributed by atoms with van der Waals surface area (Å²) < 4.78 is 5.47. The maximum absolute atomic E-state index is 5.47. The third kappa shape index (κ3) is 2.94. The maximum Gasteiger partial charge on any atom is 0.0649 e. The molecule has 16 heavy (non-hydrogen) atoms. The van der Waals surface area contributed by atoms with Crippen molar-refractivity contribution in [3.05, 3.63) is 0 Å². The molecule has 2 aliphatic heterocycles. The summed E-state index contributed by atoms with van der Waals surface area (Å²) >= 11 is 0. The second-order valence-corrected chi connectivity index (χ2v) is 5.11. The van der Waals surface area contributed by atoms with E-state index in [1.165, 1.54) is 25.9 Å². The van der Waals surface area contributed by atoms with Crippen molar-refractivity contribution >= 4 is 0 Å². The molecule has 4 heteroatoms. The van der Waals surface area contributed by atoms with Gasteiger partial charge in [-0.1, -0.05) is 0 Å². The molecule has 0 aliphatic carbocycles. The van der Waals surface area contributed by atoms with Crippen LogP contribution >= 0.6 is 0 Å². The van der Waals surface area contributed by atoms with Crippen molar-refractivity contribution in [2.75, 3.05) is 53.5 Å². The second-order valence-electron chi connectivity index (χ2n) is 5.11. The SMILES string of the molecule is CN(C)C(C1CCOCC1)N1CCNCC1. The monoisotopic (exact) mass is 227 g/mol. The molecule has 1 N–H and O–H groups in total. The van der Waals surface area contributed by atoms with Crippen LogP contribution in [0.5, 0.6) is 0 Å². The van der Waals surface area contributed by atoms with E-state index in [2.05, 4.69) is 29.2 Å². The van der Waals surface area contributed by atoms with Gasteiger partial charge in [-0.05, 0) is 32.9 Å². The molecule has 94 valence electrons. The smallest absolute Gasteiger partial charge is 0.0649 e. The van der Waals surface area contributed by atoms with Crippen LogP contribution in [-0.2, 0) is 4.74 Å². The molecule has 1 unspecified atom stereocenters. The third-order valence-electron chi connectivity index (χ3n) is 3.74. The Labute approximate surface area is 98.9 Å². The number of rotatable bonds is 3. The second kappa shape index (κ2) is 5.96. The van der Waals surface area contributed by atoms with E-state index in [0.717, 1.165) is 32.2 Å². The van der Waals surface area contributed by atoms with E-state index in [9.17, 15) is 0 Å². The van der Waals surface area contributed by atoms with Crippen LogP contribution in [0.1, 0.15) is 12.8 Å². The van der Waals surface area contributed by atoms with Gasteiger partial charge in [-0.25, -0.2) is 0 Å². The van der Waals surface area contributed by atoms with Gasteiger partial charge in [0, 0.05) is 39.4 Å². The molecule has 0 bridgehead atoms. The molecule has 2 saturated heterocycles. The quantitative estimate of drug-likeness (QED) is 0.746. The predicted octanol–water partition coefficient (Wildman–Crippen LogP) is 0.206. The van der Waals surface area contributed by atoms with Crippen LogP contribution in [0.25, 0.3) is 0 Å². The van der Waals surface area contributed by atoms with Gasteiger partial charge in [0.05, 0.1) is 6.17 Å². The van der Waals surface area contributed by atoms with Crippen molar-refractivity contribution < 1.29 is 4.74 Å². The zero-order valence-electron chi connectivity index (χ0n) is 10.6. The van der Waals surface area contributed by atoms with Crippen molar-refractivity contribution in [3.63, 3.8) is 0 Å². The molecule has 2 rings (SSSR count). The molecule has 4 nitrogen and oxygen atoms in total. The standard InChI is InChI=1S/C12H25N3O/c1-14(2)12(11-3-9-16-10-4-11)15-7-5-13-6-8-15/h11-13H,3-10H2,1-2H3. The fourth-order valence-corrected chi connectivity index (χ4v) is 3.01. The molecule has 0 spiro atoms. The lowest BCUT2D eigenvalue weighted by Crippen LogP contribution is -2.56. The van der Waals surface area contributed by atoms with Crippen molar-refractivity contribution in [2.24, 2.45) is 5.92 Å². The zero-order valence-corrected chi connectivity index (χ0v) is 10.6. The van der Waals surface area contributed by atoms with Crippen LogP contribution in [0, 0.1) is 5.92 Å². The Balaban J connectivity index is 1.96. The fourth-order valence-electron chi connectivity index (χ4n) is 3.01. The van der Waals surface area contributed by atoms with Gasteiger partial charge in [-0.3, -0.25) is 9.80 Å². The maximum atomic E-state index is 5.47. The van der Waals surface area contributed by atoms with Gasteiger partial charge in [0.1, 0.15) is 0 Å². The zero-order chi connectivity index (χ0) is 11.4. The fraction of sp³-hybridized carbons (Fsp3) is 1.00. The predicted molar refractivity (Wildman–Crippen MR) is 65.5 cm³/mol. The van der Waals surface area contributed by atoms with E-state index in [-0.39, 0.29) is 0 Å². The Morgan fingerprint density at radius 3 is 2.38 bits per heavy atom. The Morgan fingerprint density at radius 1 is 1.19 bits per heavy atom. The molecular weight excluding hydrogens is 202 g/mol. The normalized spacial score (nSPS) is 27.2. The van der Waals surface area contributed by atoms with E-state index >= 15 is 0 Å². The average molecular weight is 227 g/mol. The van der Waals surface area contributed by atoms with Crippen molar-refractivity contribution in [3.8, 4) is 0 Å². The van der Waals surface area contributed by atoms with E-state index in [4.69, 9.17) is 4.74 Å². The first-order chi connectivity index (χ1) is 7.79. The summed E-state index contributed by atoms with van der Waals surface area (Å²) in [5, 5.41) is 3.43. The summed E-state index contributed by atoms with van der Waals surface area (Å²) in [6.45, 7) is 6.52. The molecule has 2 aliphatic rings. The Kier molecular flexibility index (Phi) is 4.58. The highest BCUT2D eigenvalue weighted by Crippen LogP contribution is 2.24. The first kappa shape index (κ1) is 12.3. The summed E-state index contributed by atoms with van der Waals surface area (Å²) in [5.41, 5.74) is 0. The van der Waals surface area contributed by atoms with Crippen LogP contribution in [0.2, 0.25) is 0 Å². The lowest BCUT2D eigenvalue weighted by atomic mass is 9.94. The summed E-state index contributed by atoms with van der Waals surface area (Å²) in [6, 6.07) is 0. The van der Waals surface area contributed by atoms with Crippen molar-refractivity contribution in [2.45, 2.75) is 19.0 Å². The average Bonchev–Trinajstić information content (AvgIpc) is 2.31. The Bertz CT molecular complexity index is 180. The van der Waals surface area contributed by atoms with Gasteiger partial charge in [0.2, 0.25) is 0 Å². The Hall–Kier alpha value is -0.160. The minimum Gasteiger partial charge on any atom is -0.381 e. The molecular formula is C12H25N3O. The van der Waals surface area contributed by atoms with E-state index in [1.54, 1.807) is 0 Å². The Morgan fingerprint density at radius 2 is 1.81 bits per heavy atom. The van der Waals surface area contributed by atoms with Gasteiger partial charge in [-0.2, -0.15) is 0 Å². The highest BCUT2D eigenvalue weighted by Gasteiger charge is 2.31. The van der Waals surface area contributed by atoms with Gasteiger partial charge in [-0.15, -0.1) is 0 Å². The molecule has 2 heterocycles. The highest BCUT2D eigenvalue weighted by molar-refractivity contribution is 4.82. The summed E-state index contributed by atoms with van der Waals surface area (Å²) in [6.07, 6.45) is 3.03. The molecule has 0 radical (unpaired) electrons. The molecule has 2 fully saturated rings. The van der Waals surface area contributed by atoms with Crippen molar-refractivity contribution in [1.82, 2.24) is 15.1 Å². The van der Waals surface area contributed by atoms with Gasteiger partial charge in [0.15, 0.2) is 0 Å². The number of nitrogens with one attached hydrogen (secondary N) is 1. The molecule has 0 amide bonds. The number of hydrogen-bond acceptors (Lipinski definition) is 4. The number of hydrogen-bond donors (Lipinski definition) is 1. The van der Waals surface area contributed by atoms with Crippen LogP contribution in [-0.4, -0.2) is 69.5 Å². The van der Waals surface area contributed by atoms with E-state index in [1.807, 2.05) is 0 Å². The van der Waals surface area contributed by atoms with Gasteiger partial charge < -0.3 is 10.1 Å². The van der Waals surface area contributed by atoms with Crippen LogP contribution < -0.4 is 5.32 Å². The molecule has 0 aromatic heterocycles. The van der Waals surface area contributed by atoms with Gasteiger partial charge in [0.25, 0.3) is 0 Å². The molecule has 0 aromatic rings. The highest BCUT2D eigenvalue weighted by atomic mass is 16.5. The number of piperazine rings is 1. The number of ether oxygens (including phenoxy) is 1. The van der Waals surface area contributed by atoms with Crippen LogP contribution in [0.3, 0.4) is 0 Å². The van der Waals surface area contributed by atoms with E-state index in [0.29, 0.717) is 6.17 Å². The lowest BCUT2D eigenvalue weighted by Gasteiger charge is -2.44. The molecule has 1 atom stereocenters. The topological polar surface area (TPSA) is 27.7 Å². The first-order valence-electron chi connectivity index (χ1n) is 6.48. The van der Waals surface area contributed by atoms with Crippen LogP contribution in [0.15, 0.2) is 0 Å². The number of nitrogens with zero attached hydrogens (tertiary/aromatic N) is 2. The first-order valence-corrected chi connectivity index (χ1v) is 6.48. The van der Waals surface area contributed by atoms with Crippen molar-refractivity contribution in [1.29, 1.82) is 0 Å². The largest absolute Gasteiger partial charge is 0.381 e. The van der Waals surface area contributed by atoms with Gasteiger partial charge >= 0.3 is 0 Å². The van der Waals surface area contributed by atoms with Crippen LogP contribution in [0.4, 0.5) is 0 Å². The molecule has 0 aromatic carbocycles.